The predicted octanol–water partition coefficient (Wildman–Crippen LogP) is 2.06. The molecule has 1 atom stereocenters. The van der Waals surface area contributed by atoms with Crippen molar-refractivity contribution >= 4 is 17.2 Å². The van der Waals surface area contributed by atoms with Crippen molar-refractivity contribution in [2.45, 2.75) is 12.6 Å². The van der Waals surface area contributed by atoms with Gasteiger partial charge in [0.15, 0.2) is 0 Å². The minimum Gasteiger partial charge on any atom is -0.368 e. The lowest BCUT2D eigenvalue weighted by Crippen LogP contribution is -2.33. The number of carbonyl (C=O) groups is 1. The molecule has 1 aromatic heterocycles. The number of rotatable bonds is 5. The number of thiophene rings is 1. The summed E-state index contributed by atoms with van der Waals surface area (Å²) in [5.41, 5.74) is 6.31. The molecule has 0 radical (unpaired) electrons. The van der Waals surface area contributed by atoms with Gasteiger partial charge in [-0.1, -0.05) is 36.4 Å². The maximum Gasteiger partial charge on any atom is 0.239 e. The van der Waals surface area contributed by atoms with Crippen LogP contribution in [0, 0.1) is 0 Å². The third kappa shape index (κ3) is 3.15. The molecule has 0 fully saturated rings. The van der Waals surface area contributed by atoms with Crippen molar-refractivity contribution in [1.29, 1.82) is 0 Å². The van der Waals surface area contributed by atoms with Crippen molar-refractivity contribution in [2.24, 2.45) is 5.73 Å². The molecule has 0 unspecified atom stereocenters. The van der Waals surface area contributed by atoms with Crippen molar-refractivity contribution in [3.05, 3.63) is 58.3 Å². The van der Waals surface area contributed by atoms with Crippen molar-refractivity contribution in [2.75, 3.05) is 0 Å². The highest BCUT2D eigenvalue weighted by Gasteiger charge is 2.16. The van der Waals surface area contributed by atoms with E-state index in [1.807, 2.05) is 47.8 Å². The number of hydrogen-bond donors (Lipinski definition) is 2. The molecule has 2 rings (SSSR count). The second-order valence-electron chi connectivity index (χ2n) is 3.71. The van der Waals surface area contributed by atoms with Crippen LogP contribution in [0.2, 0.25) is 0 Å². The first-order valence-corrected chi connectivity index (χ1v) is 6.25. The Hall–Kier alpha value is -1.65. The molecule has 0 bridgehead atoms. The molecule has 4 heteroatoms. The van der Waals surface area contributed by atoms with E-state index < -0.39 is 6.04 Å². The molecule has 1 heterocycles. The van der Waals surface area contributed by atoms with Crippen LogP contribution in [0.15, 0.2) is 47.8 Å². The zero-order valence-electron chi connectivity index (χ0n) is 9.30. The third-order valence-electron chi connectivity index (χ3n) is 2.48. The Bertz CT molecular complexity index is 467. The Kier molecular flexibility index (Phi) is 3.90. The highest BCUT2D eigenvalue weighted by atomic mass is 32.1. The average Bonchev–Trinajstić information content (AvgIpc) is 2.83. The molecule has 17 heavy (non-hydrogen) atoms. The van der Waals surface area contributed by atoms with Gasteiger partial charge in [-0.15, -0.1) is 11.3 Å². The van der Waals surface area contributed by atoms with Crippen molar-refractivity contribution in [3.63, 3.8) is 0 Å². The van der Waals surface area contributed by atoms with E-state index in [4.69, 9.17) is 5.73 Å². The molecule has 0 saturated carbocycles. The lowest BCUT2D eigenvalue weighted by Gasteiger charge is -2.15. The Balaban J connectivity index is 2.06. The predicted molar refractivity (Wildman–Crippen MR) is 69.5 cm³/mol. The fourth-order valence-corrected chi connectivity index (χ4v) is 2.30. The van der Waals surface area contributed by atoms with E-state index in [-0.39, 0.29) is 5.91 Å². The normalized spacial score (nSPS) is 12.2. The largest absolute Gasteiger partial charge is 0.368 e. The van der Waals surface area contributed by atoms with Crippen LogP contribution in [-0.4, -0.2) is 5.91 Å². The highest BCUT2D eigenvalue weighted by molar-refractivity contribution is 7.09. The molecule has 3 N–H and O–H groups in total. The van der Waals surface area contributed by atoms with Gasteiger partial charge < -0.3 is 5.73 Å². The molecule has 2 aromatic rings. The summed E-state index contributed by atoms with van der Waals surface area (Å²) in [6, 6.07) is 13.1. The first kappa shape index (κ1) is 11.8. The molecule has 0 aliphatic carbocycles. The summed E-state index contributed by atoms with van der Waals surface area (Å²) in [5.74, 6) is -0.354. The van der Waals surface area contributed by atoms with Gasteiger partial charge in [0.1, 0.15) is 6.04 Å². The van der Waals surface area contributed by atoms with E-state index in [0.29, 0.717) is 6.54 Å². The van der Waals surface area contributed by atoms with E-state index in [9.17, 15) is 4.79 Å². The maximum atomic E-state index is 11.4. The molecule has 1 aromatic carbocycles. The third-order valence-corrected chi connectivity index (χ3v) is 3.35. The number of amides is 1. The maximum absolute atomic E-state index is 11.4. The summed E-state index contributed by atoms with van der Waals surface area (Å²) < 4.78 is 0. The van der Waals surface area contributed by atoms with Gasteiger partial charge in [-0.2, -0.15) is 0 Å². The zero-order chi connectivity index (χ0) is 12.1. The van der Waals surface area contributed by atoms with Crippen molar-refractivity contribution < 1.29 is 4.79 Å². The number of primary amides is 1. The van der Waals surface area contributed by atoms with Crippen LogP contribution in [0.1, 0.15) is 16.5 Å². The Morgan fingerprint density at radius 2 is 2.00 bits per heavy atom. The van der Waals surface area contributed by atoms with Crippen LogP contribution in [0.3, 0.4) is 0 Å². The second kappa shape index (κ2) is 5.61. The van der Waals surface area contributed by atoms with Gasteiger partial charge in [0.05, 0.1) is 0 Å². The Labute approximate surface area is 104 Å². The van der Waals surface area contributed by atoms with Gasteiger partial charge in [0.25, 0.3) is 0 Å². The molecule has 0 saturated heterocycles. The summed E-state index contributed by atoms with van der Waals surface area (Å²) >= 11 is 1.66. The monoisotopic (exact) mass is 246 g/mol. The van der Waals surface area contributed by atoms with E-state index in [0.717, 1.165) is 5.56 Å². The topological polar surface area (TPSA) is 55.1 Å². The van der Waals surface area contributed by atoms with Crippen LogP contribution in [0.25, 0.3) is 0 Å². The first-order chi connectivity index (χ1) is 8.27. The van der Waals surface area contributed by atoms with Crippen LogP contribution in [-0.2, 0) is 11.3 Å². The fraction of sp³-hybridized carbons (Fsp3) is 0.154. The quantitative estimate of drug-likeness (QED) is 0.848. The van der Waals surface area contributed by atoms with Crippen LogP contribution in [0.5, 0.6) is 0 Å². The SMILES string of the molecule is NC(=O)[C@@H](NCc1cccs1)c1ccccc1. The van der Waals surface area contributed by atoms with E-state index in [1.54, 1.807) is 11.3 Å². The molecular weight excluding hydrogens is 232 g/mol. The van der Waals surface area contributed by atoms with Crippen LogP contribution >= 0.6 is 11.3 Å². The van der Waals surface area contributed by atoms with Gasteiger partial charge in [-0.05, 0) is 17.0 Å². The summed E-state index contributed by atoms with van der Waals surface area (Å²) in [4.78, 5) is 12.6. The number of hydrogen-bond acceptors (Lipinski definition) is 3. The lowest BCUT2D eigenvalue weighted by atomic mass is 10.1. The number of nitrogens with two attached hydrogens (primary N) is 1. The van der Waals surface area contributed by atoms with Gasteiger partial charge >= 0.3 is 0 Å². The first-order valence-electron chi connectivity index (χ1n) is 5.37. The molecule has 3 nitrogen and oxygen atoms in total. The number of benzene rings is 1. The van der Waals surface area contributed by atoms with Gasteiger partial charge in [-0.25, -0.2) is 0 Å². The summed E-state index contributed by atoms with van der Waals surface area (Å²) in [6.45, 7) is 0.653. The fourth-order valence-electron chi connectivity index (χ4n) is 1.64. The standard InChI is InChI=1S/C13H14N2OS/c14-13(16)12(10-5-2-1-3-6-10)15-9-11-7-4-8-17-11/h1-8,12,15H,9H2,(H2,14,16)/t12-/m0/s1. The van der Waals surface area contributed by atoms with Gasteiger partial charge in [0, 0.05) is 11.4 Å². The van der Waals surface area contributed by atoms with E-state index >= 15 is 0 Å². The summed E-state index contributed by atoms with van der Waals surface area (Å²) in [7, 11) is 0. The van der Waals surface area contributed by atoms with Crippen LogP contribution < -0.4 is 11.1 Å². The smallest absolute Gasteiger partial charge is 0.239 e. The Morgan fingerprint density at radius 1 is 1.24 bits per heavy atom. The van der Waals surface area contributed by atoms with E-state index in [2.05, 4.69) is 5.32 Å². The van der Waals surface area contributed by atoms with Gasteiger partial charge in [0.2, 0.25) is 5.91 Å². The van der Waals surface area contributed by atoms with Gasteiger partial charge in [-0.3, -0.25) is 10.1 Å². The van der Waals surface area contributed by atoms with E-state index in [1.165, 1.54) is 4.88 Å². The number of carbonyl (C=O) groups excluding carboxylic acids is 1. The Morgan fingerprint density at radius 3 is 2.59 bits per heavy atom. The molecule has 88 valence electrons. The lowest BCUT2D eigenvalue weighted by molar-refractivity contribution is -0.120. The average molecular weight is 246 g/mol. The molecule has 0 aliphatic rings. The minimum absolute atomic E-state index is 0.354. The van der Waals surface area contributed by atoms with Crippen molar-refractivity contribution in [3.8, 4) is 0 Å². The zero-order valence-corrected chi connectivity index (χ0v) is 10.1. The van der Waals surface area contributed by atoms with Crippen molar-refractivity contribution in [1.82, 2.24) is 5.32 Å². The molecule has 0 aliphatic heterocycles. The summed E-state index contributed by atoms with van der Waals surface area (Å²) in [5, 5.41) is 5.19. The summed E-state index contributed by atoms with van der Waals surface area (Å²) in [6.07, 6.45) is 0. The van der Waals surface area contributed by atoms with Crippen LogP contribution in [0.4, 0.5) is 0 Å². The molecular formula is C13H14N2OS. The molecule has 1 amide bonds. The number of nitrogens with one attached hydrogen (secondary N) is 1. The minimum atomic E-state index is -0.432. The highest BCUT2D eigenvalue weighted by Crippen LogP contribution is 2.14. The second-order valence-corrected chi connectivity index (χ2v) is 4.74. The molecule has 0 spiro atoms.